The normalized spacial score (nSPS) is 18.2. The number of rotatable bonds is 3. The molecule has 2 rings (SSSR count). The predicted octanol–water partition coefficient (Wildman–Crippen LogP) is 1.48. The first-order chi connectivity index (χ1) is 7.75. The van der Waals surface area contributed by atoms with E-state index in [9.17, 15) is 4.79 Å². The Kier molecular flexibility index (Phi) is 3.56. The van der Waals surface area contributed by atoms with Crippen LogP contribution in [0, 0.1) is 0 Å². The summed E-state index contributed by atoms with van der Waals surface area (Å²) in [4.78, 5) is 13.0. The number of nitrogens with one attached hydrogen (secondary N) is 1. The molecule has 0 aliphatic carbocycles. The molecule has 1 aliphatic heterocycles. The van der Waals surface area contributed by atoms with Crippen molar-refractivity contribution in [2.24, 2.45) is 0 Å². The van der Waals surface area contributed by atoms with E-state index < -0.39 is 5.97 Å². The Balaban J connectivity index is 1.94. The Morgan fingerprint density at radius 2 is 2.06 bits per heavy atom. The molecule has 0 amide bonds. The van der Waals surface area contributed by atoms with E-state index in [0.29, 0.717) is 0 Å². The van der Waals surface area contributed by atoms with Crippen LogP contribution in [0.1, 0.15) is 41.9 Å². The fourth-order valence-corrected chi connectivity index (χ4v) is 2.09. The molecule has 16 heavy (non-hydrogen) atoms. The summed E-state index contributed by atoms with van der Waals surface area (Å²) in [5.74, 6) is -0.974. The summed E-state index contributed by atoms with van der Waals surface area (Å²) in [5.41, 5.74) is 0.990. The largest absolute Gasteiger partial charge is 0.476 e. The van der Waals surface area contributed by atoms with Crippen LogP contribution in [0.2, 0.25) is 0 Å². The van der Waals surface area contributed by atoms with Gasteiger partial charge in [0.1, 0.15) is 0 Å². The molecule has 0 unspecified atom stereocenters. The first-order valence-electron chi connectivity index (χ1n) is 5.75. The minimum Gasteiger partial charge on any atom is -0.476 e. The Morgan fingerprint density at radius 1 is 1.38 bits per heavy atom. The quantitative estimate of drug-likeness (QED) is 0.814. The first kappa shape index (κ1) is 11.1. The van der Waals surface area contributed by atoms with Crippen LogP contribution in [-0.4, -0.2) is 39.3 Å². The Morgan fingerprint density at radius 3 is 2.62 bits per heavy atom. The van der Waals surface area contributed by atoms with Gasteiger partial charge < -0.3 is 5.11 Å². The zero-order chi connectivity index (χ0) is 11.4. The maximum atomic E-state index is 10.7. The van der Waals surface area contributed by atoms with Crippen LogP contribution < -0.4 is 0 Å². The van der Waals surface area contributed by atoms with Crippen molar-refractivity contribution in [2.75, 3.05) is 13.1 Å². The van der Waals surface area contributed by atoms with Gasteiger partial charge in [-0.25, -0.2) is 4.79 Å². The standard InChI is InChI=1S/C11H17N3O2/c15-11(16)10-7-9(12-13-10)8-14-5-3-1-2-4-6-14/h7H,1-6,8H2,(H,12,13)(H,15,16). The van der Waals surface area contributed by atoms with Crippen molar-refractivity contribution in [3.05, 3.63) is 17.5 Å². The van der Waals surface area contributed by atoms with Gasteiger partial charge in [-0.05, 0) is 32.0 Å². The van der Waals surface area contributed by atoms with Crippen LogP contribution in [0.4, 0.5) is 0 Å². The topological polar surface area (TPSA) is 69.2 Å². The highest BCUT2D eigenvalue weighted by molar-refractivity contribution is 5.85. The molecule has 1 aromatic heterocycles. The van der Waals surface area contributed by atoms with E-state index in [0.717, 1.165) is 25.3 Å². The van der Waals surface area contributed by atoms with Crippen molar-refractivity contribution in [1.82, 2.24) is 15.1 Å². The van der Waals surface area contributed by atoms with Gasteiger partial charge in [0.25, 0.3) is 0 Å². The Bertz CT molecular complexity index is 354. The van der Waals surface area contributed by atoms with E-state index in [2.05, 4.69) is 15.1 Å². The van der Waals surface area contributed by atoms with Crippen molar-refractivity contribution in [3.63, 3.8) is 0 Å². The minimum atomic E-state index is -0.974. The molecule has 2 heterocycles. The van der Waals surface area contributed by atoms with E-state index in [4.69, 9.17) is 5.11 Å². The average Bonchev–Trinajstić information content (AvgIpc) is 2.56. The van der Waals surface area contributed by atoms with Crippen LogP contribution in [-0.2, 0) is 6.54 Å². The highest BCUT2D eigenvalue weighted by Gasteiger charge is 2.12. The van der Waals surface area contributed by atoms with Crippen LogP contribution in [0.15, 0.2) is 6.07 Å². The molecule has 1 aromatic rings. The van der Waals surface area contributed by atoms with Gasteiger partial charge in [0.15, 0.2) is 5.69 Å². The van der Waals surface area contributed by atoms with Crippen LogP contribution >= 0.6 is 0 Å². The molecular formula is C11H17N3O2. The molecule has 1 fully saturated rings. The number of carbonyl (C=O) groups is 1. The number of H-pyrrole nitrogens is 1. The van der Waals surface area contributed by atoms with Gasteiger partial charge in [-0.15, -0.1) is 0 Å². The zero-order valence-corrected chi connectivity index (χ0v) is 9.28. The molecule has 5 heteroatoms. The number of hydrogen-bond acceptors (Lipinski definition) is 3. The van der Waals surface area contributed by atoms with Crippen LogP contribution in [0.25, 0.3) is 0 Å². The van der Waals surface area contributed by atoms with Crippen LogP contribution in [0.3, 0.4) is 0 Å². The summed E-state index contributed by atoms with van der Waals surface area (Å²) < 4.78 is 0. The lowest BCUT2D eigenvalue weighted by atomic mass is 10.2. The van der Waals surface area contributed by atoms with Crippen LogP contribution in [0.5, 0.6) is 0 Å². The molecule has 0 atom stereocenters. The third-order valence-corrected chi connectivity index (χ3v) is 2.94. The average molecular weight is 223 g/mol. The lowest BCUT2D eigenvalue weighted by Crippen LogP contribution is -2.24. The second-order valence-corrected chi connectivity index (χ2v) is 4.27. The molecule has 0 saturated carbocycles. The number of carboxylic acids is 1. The van der Waals surface area contributed by atoms with Gasteiger partial charge in [-0.3, -0.25) is 10.00 Å². The third-order valence-electron chi connectivity index (χ3n) is 2.94. The zero-order valence-electron chi connectivity index (χ0n) is 9.28. The molecular weight excluding hydrogens is 206 g/mol. The van der Waals surface area contributed by atoms with Crippen molar-refractivity contribution in [3.8, 4) is 0 Å². The maximum absolute atomic E-state index is 10.7. The van der Waals surface area contributed by atoms with E-state index in [1.54, 1.807) is 6.07 Å². The van der Waals surface area contributed by atoms with Crippen molar-refractivity contribution in [2.45, 2.75) is 32.2 Å². The Labute approximate surface area is 94.5 Å². The molecule has 0 spiro atoms. The number of carboxylic acid groups (broad SMARTS) is 1. The van der Waals surface area contributed by atoms with E-state index in [-0.39, 0.29) is 5.69 Å². The fourth-order valence-electron chi connectivity index (χ4n) is 2.09. The van der Waals surface area contributed by atoms with E-state index >= 15 is 0 Å². The fraction of sp³-hybridized carbons (Fsp3) is 0.636. The van der Waals surface area contributed by atoms with Gasteiger partial charge in [0, 0.05) is 6.54 Å². The molecule has 0 radical (unpaired) electrons. The highest BCUT2D eigenvalue weighted by atomic mass is 16.4. The number of aromatic nitrogens is 2. The summed E-state index contributed by atoms with van der Waals surface area (Å²) in [5, 5.41) is 15.3. The summed E-state index contributed by atoms with van der Waals surface area (Å²) in [6, 6.07) is 1.62. The lowest BCUT2D eigenvalue weighted by Gasteiger charge is -2.18. The summed E-state index contributed by atoms with van der Waals surface area (Å²) in [7, 11) is 0. The number of hydrogen-bond donors (Lipinski definition) is 2. The highest BCUT2D eigenvalue weighted by Crippen LogP contribution is 2.12. The smallest absolute Gasteiger partial charge is 0.356 e. The van der Waals surface area contributed by atoms with Crippen molar-refractivity contribution in [1.29, 1.82) is 0 Å². The van der Waals surface area contributed by atoms with E-state index in [1.807, 2.05) is 0 Å². The summed E-state index contributed by atoms with van der Waals surface area (Å²) in [6.07, 6.45) is 5.08. The molecule has 2 N–H and O–H groups in total. The lowest BCUT2D eigenvalue weighted by molar-refractivity contribution is 0.0690. The van der Waals surface area contributed by atoms with Crippen molar-refractivity contribution >= 4 is 5.97 Å². The molecule has 1 saturated heterocycles. The molecule has 0 bridgehead atoms. The van der Waals surface area contributed by atoms with Gasteiger partial charge in [-0.1, -0.05) is 12.8 Å². The van der Waals surface area contributed by atoms with Gasteiger partial charge in [0.05, 0.1) is 5.69 Å². The maximum Gasteiger partial charge on any atom is 0.356 e. The van der Waals surface area contributed by atoms with Gasteiger partial charge in [0.2, 0.25) is 0 Å². The van der Waals surface area contributed by atoms with Gasteiger partial charge in [-0.2, -0.15) is 5.10 Å². The summed E-state index contributed by atoms with van der Waals surface area (Å²) in [6.45, 7) is 2.98. The van der Waals surface area contributed by atoms with E-state index in [1.165, 1.54) is 25.7 Å². The molecule has 5 nitrogen and oxygen atoms in total. The second-order valence-electron chi connectivity index (χ2n) is 4.27. The minimum absolute atomic E-state index is 0.102. The Hall–Kier alpha value is -1.36. The second kappa shape index (κ2) is 5.12. The number of aromatic amines is 1. The molecule has 1 aliphatic rings. The summed E-state index contributed by atoms with van der Waals surface area (Å²) >= 11 is 0. The first-order valence-corrected chi connectivity index (χ1v) is 5.75. The molecule has 88 valence electrons. The third kappa shape index (κ3) is 2.82. The van der Waals surface area contributed by atoms with Crippen molar-refractivity contribution < 1.29 is 9.90 Å². The SMILES string of the molecule is O=C(O)c1cc(CN2CCCCCC2)[nH]n1. The number of likely N-dealkylation sites (tertiary alicyclic amines) is 1. The predicted molar refractivity (Wildman–Crippen MR) is 59.3 cm³/mol. The number of nitrogens with zero attached hydrogens (tertiary/aromatic N) is 2. The molecule has 0 aromatic carbocycles. The van der Waals surface area contributed by atoms with Gasteiger partial charge >= 0.3 is 5.97 Å². The monoisotopic (exact) mass is 223 g/mol. The number of aromatic carboxylic acids is 1.